The van der Waals surface area contributed by atoms with Crippen molar-refractivity contribution in [1.82, 2.24) is 9.27 Å². The Bertz CT molecular complexity index is 680. The third kappa shape index (κ3) is 2.80. The Balaban J connectivity index is 1.63. The van der Waals surface area contributed by atoms with E-state index in [0.717, 1.165) is 29.0 Å². The molecule has 1 amide bonds. The zero-order valence-electron chi connectivity index (χ0n) is 13.3. The summed E-state index contributed by atoms with van der Waals surface area (Å²) in [7, 11) is 0. The standard InChI is InChI=1S/C19H22N2OS/c22-19(21-12-6-10-14-7-4-5-11-17(14)21)16-13-20-23-18(16)15-8-2-1-3-9-15/h1-3,8-9,13-14,17H,4-7,10-12H2/t14-,17-/m0/s1. The lowest BCUT2D eigenvalue weighted by Crippen LogP contribution is -2.49. The molecule has 23 heavy (non-hydrogen) atoms. The van der Waals surface area contributed by atoms with Crippen molar-refractivity contribution in [2.75, 3.05) is 6.54 Å². The van der Waals surface area contributed by atoms with Crippen LogP contribution in [0.5, 0.6) is 0 Å². The number of benzene rings is 1. The van der Waals surface area contributed by atoms with Crippen molar-refractivity contribution in [3.63, 3.8) is 0 Å². The van der Waals surface area contributed by atoms with E-state index in [2.05, 4.69) is 21.4 Å². The predicted octanol–water partition coefficient (Wildman–Crippen LogP) is 4.60. The number of rotatable bonds is 2. The third-order valence-corrected chi connectivity index (χ3v) is 6.19. The van der Waals surface area contributed by atoms with Crippen LogP contribution in [-0.2, 0) is 0 Å². The van der Waals surface area contributed by atoms with Crippen LogP contribution in [-0.4, -0.2) is 27.8 Å². The number of carbonyl (C=O) groups excluding carboxylic acids is 1. The van der Waals surface area contributed by atoms with Crippen molar-refractivity contribution in [2.24, 2.45) is 5.92 Å². The van der Waals surface area contributed by atoms with Gasteiger partial charge in [0.15, 0.2) is 0 Å². The predicted molar refractivity (Wildman–Crippen MR) is 93.6 cm³/mol. The molecule has 120 valence electrons. The number of hydrogen-bond donors (Lipinski definition) is 0. The molecule has 2 heterocycles. The molecular formula is C19H22N2OS. The van der Waals surface area contributed by atoms with Crippen molar-refractivity contribution in [1.29, 1.82) is 0 Å². The number of piperidine rings is 1. The maximum absolute atomic E-state index is 13.2. The van der Waals surface area contributed by atoms with E-state index in [4.69, 9.17) is 0 Å². The quantitative estimate of drug-likeness (QED) is 0.808. The lowest BCUT2D eigenvalue weighted by molar-refractivity contribution is 0.0391. The highest BCUT2D eigenvalue weighted by Gasteiger charge is 2.36. The lowest BCUT2D eigenvalue weighted by atomic mass is 9.78. The molecule has 0 spiro atoms. The SMILES string of the molecule is O=C(c1cnsc1-c1ccccc1)N1CCC[C@@H]2CCCC[C@@H]21. The summed E-state index contributed by atoms with van der Waals surface area (Å²) in [6.07, 6.45) is 9.27. The highest BCUT2D eigenvalue weighted by molar-refractivity contribution is 7.10. The fraction of sp³-hybridized carbons (Fsp3) is 0.474. The average Bonchev–Trinajstić information content (AvgIpc) is 3.11. The molecule has 1 aliphatic carbocycles. The fourth-order valence-corrected chi connectivity index (χ4v) is 4.96. The van der Waals surface area contributed by atoms with Crippen LogP contribution in [0.25, 0.3) is 10.4 Å². The maximum Gasteiger partial charge on any atom is 0.257 e. The first kappa shape index (κ1) is 14.9. The number of carbonyl (C=O) groups is 1. The summed E-state index contributed by atoms with van der Waals surface area (Å²) in [5.41, 5.74) is 1.88. The minimum Gasteiger partial charge on any atom is -0.335 e. The second-order valence-corrected chi connectivity index (χ2v) is 7.49. The Labute approximate surface area is 141 Å². The molecule has 3 nitrogen and oxygen atoms in total. The van der Waals surface area contributed by atoms with Crippen LogP contribution < -0.4 is 0 Å². The molecule has 2 atom stereocenters. The van der Waals surface area contributed by atoms with Gasteiger partial charge in [0.25, 0.3) is 5.91 Å². The lowest BCUT2D eigenvalue weighted by Gasteiger charge is -2.44. The van der Waals surface area contributed by atoms with Gasteiger partial charge in [-0.1, -0.05) is 43.2 Å². The van der Waals surface area contributed by atoms with Crippen LogP contribution in [0.15, 0.2) is 36.5 Å². The van der Waals surface area contributed by atoms with E-state index in [0.29, 0.717) is 12.0 Å². The Morgan fingerprint density at radius 1 is 1.09 bits per heavy atom. The summed E-state index contributed by atoms with van der Waals surface area (Å²) in [5.74, 6) is 0.905. The molecule has 4 rings (SSSR count). The monoisotopic (exact) mass is 326 g/mol. The van der Waals surface area contributed by atoms with Crippen LogP contribution in [0.1, 0.15) is 48.9 Å². The minimum atomic E-state index is 0.189. The summed E-state index contributed by atoms with van der Waals surface area (Å²) >= 11 is 1.43. The Kier molecular flexibility index (Phi) is 4.17. The average molecular weight is 326 g/mol. The van der Waals surface area contributed by atoms with Gasteiger partial charge in [-0.3, -0.25) is 4.79 Å². The van der Waals surface area contributed by atoms with Gasteiger partial charge in [-0.25, -0.2) is 0 Å². The van der Waals surface area contributed by atoms with Gasteiger partial charge in [0.1, 0.15) is 0 Å². The Morgan fingerprint density at radius 2 is 1.87 bits per heavy atom. The maximum atomic E-state index is 13.2. The Hall–Kier alpha value is -1.68. The van der Waals surface area contributed by atoms with Crippen molar-refractivity contribution >= 4 is 17.4 Å². The normalized spacial score (nSPS) is 24.3. The van der Waals surface area contributed by atoms with Crippen LogP contribution >= 0.6 is 11.5 Å². The van der Waals surface area contributed by atoms with E-state index < -0.39 is 0 Å². The van der Waals surface area contributed by atoms with Crippen molar-refractivity contribution < 1.29 is 4.79 Å². The second-order valence-electron chi connectivity index (χ2n) is 6.69. The molecule has 1 aliphatic heterocycles. The Morgan fingerprint density at radius 3 is 2.74 bits per heavy atom. The van der Waals surface area contributed by atoms with Gasteiger partial charge in [-0.05, 0) is 48.7 Å². The first-order chi connectivity index (χ1) is 11.3. The van der Waals surface area contributed by atoms with Gasteiger partial charge >= 0.3 is 0 Å². The van der Waals surface area contributed by atoms with Gasteiger partial charge < -0.3 is 4.90 Å². The summed E-state index contributed by atoms with van der Waals surface area (Å²) in [4.78, 5) is 16.4. The van der Waals surface area contributed by atoms with Crippen LogP contribution in [0.2, 0.25) is 0 Å². The number of hydrogen-bond acceptors (Lipinski definition) is 3. The summed E-state index contributed by atoms with van der Waals surface area (Å²) < 4.78 is 4.31. The van der Waals surface area contributed by atoms with E-state index >= 15 is 0 Å². The third-order valence-electron chi connectivity index (χ3n) is 5.34. The van der Waals surface area contributed by atoms with Crippen molar-refractivity contribution in [3.8, 4) is 10.4 Å². The molecule has 4 heteroatoms. The van der Waals surface area contributed by atoms with E-state index in [1.165, 1.54) is 43.6 Å². The van der Waals surface area contributed by atoms with Crippen LogP contribution in [0, 0.1) is 5.92 Å². The first-order valence-corrected chi connectivity index (χ1v) is 9.43. The first-order valence-electron chi connectivity index (χ1n) is 8.65. The summed E-state index contributed by atoms with van der Waals surface area (Å²) in [6.45, 7) is 0.907. The fourth-order valence-electron chi connectivity index (χ4n) is 4.22. The molecule has 0 bridgehead atoms. The van der Waals surface area contributed by atoms with Crippen LogP contribution in [0.4, 0.5) is 0 Å². The zero-order valence-corrected chi connectivity index (χ0v) is 14.1. The van der Waals surface area contributed by atoms with Gasteiger partial charge in [-0.2, -0.15) is 4.37 Å². The number of fused-ring (bicyclic) bond motifs is 1. The summed E-state index contributed by atoms with van der Waals surface area (Å²) in [6, 6.07) is 10.6. The number of nitrogens with zero attached hydrogens (tertiary/aromatic N) is 2. The number of amides is 1. The highest BCUT2D eigenvalue weighted by Crippen LogP contribution is 2.37. The van der Waals surface area contributed by atoms with E-state index in [1.807, 2.05) is 18.2 Å². The molecule has 0 radical (unpaired) electrons. The summed E-state index contributed by atoms with van der Waals surface area (Å²) in [5, 5.41) is 0. The smallest absolute Gasteiger partial charge is 0.257 e. The second kappa shape index (κ2) is 6.44. The van der Waals surface area contributed by atoms with Crippen LogP contribution in [0.3, 0.4) is 0 Å². The topological polar surface area (TPSA) is 33.2 Å². The van der Waals surface area contributed by atoms with Crippen molar-refractivity contribution in [2.45, 2.75) is 44.6 Å². The molecule has 2 aromatic rings. The zero-order chi connectivity index (χ0) is 15.6. The van der Waals surface area contributed by atoms with E-state index in [-0.39, 0.29) is 5.91 Å². The molecular weight excluding hydrogens is 304 g/mol. The number of aromatic nitrogens is 1. The van der Waals surface area contributed by atoms with Gasteiger partial charge in [0.05, 0.1) is 16.6 Å². The molecule has 1 saturated heterocycles. The van der Waals surface area contributed by atoms with Gasteiger partial charge in [0.2, 0.25) is 0 Å². The van der Waals surface area contributed by atoms with E-state index in [1.54, 1.807) is 6.20 Å². The number of likely N-dealkylation sites (tertiary alicyclic amines) is 1. The highest BCUT2D eigenvalue weighted by atomic mass is 32.1. The van der Waals surface area contributed by atoms with Crippen molar-refractivity contribution in [3.05, 3.63) is 42.1 Å². The molecule has 1 aromatic carbocycles. The van der Waals surface area contributed by atoms with E-state index in [9.17, 15) is 4.79 Å². The molecule has 2 aliphatic rings. The van der Waals surface area contributed by atoms with Gasteiger partial charge in [-0.15, -0.1) is 0 Å². The van der Waals surface area contributed by atoms with Gasteiger partial charge in [0, 0.05) is 12.6 Å². The molecule has 1 saturated carbocycles. The molecule has 0 unspecified atom stereocenters. The largest absolute Gasteiger partial charge is 0.335 e. The minimum absolute atomic E-state index is 0.189. The molecule has 0 N–H and O–H groups in total. The molecule has 1 aromatic heterocycles. The molecule has 2 fully saturated rings.